The number of rotatable bonds is 5. The molecule has 0 aliphatic heterocycles. The van der Waals surface area contributed by atoms with Gasteiger partial charge in [0.2, 0.25) is 0 Å². The van der Waals surface area contributed by atoms with E-state index in [4.69, 9.17) is 16.7 Å². The van der Waals surface area contributed by atoms with Crippen molar-refractivity contribution < 1.29 is 9.90 Å². The molecule has 0 aliphatic rings. The average Bonchev–Trinajstić information content (AvgIpc) is 2.20. The van der Waals surface area contributed by atoms with Gasteiger partial charge in [0.15, 0.2) is 0 Å². The van der Waals surface area contributed by atoms with Gasteiger partial charge < -0.3 is 10.4 Å². The van der Waals surface area contributed by atoms with Gasteiger partial charge in [-0.3, -0.25) is 0 Å². The summed E-state index contributed by atoms with van der Waals surface area (Å²) in [4.78, 5) is 10.9. The number of nitrogens with one attached hydrogen (secondary N) is 1. The number of halogens is 1. The van der Waals surface area contributed by atoms with Crippen LogP contribution in [-0.2, 0) is 4.79 Å². The fourth-order valence-electron chi connectivity index (χ4n) is 1.29. The summed E-state index contributed by atoms with van der Waals surface area (Å²) in [6.07, 6.45) is 1.44. The van der Waals surface area contributed by atoms with Crippen molar-refractivity contribution in [3.8, 4) is 0 Å². The smallest absolute Gasteiger partial charge is 0.326 e. The molecule has 0 saturated carbocycles. The Morgan fingerprint density at radius 2 is 2.07 bits per heavy atom. The first-order valence-electron chi connectivity index (χ1n) is 4.88. The lowest BCUT2D eigenvalue weighted by Gasteiger charge is -2.14. The highest BCUT2D eigenvalue weighted by Gasteiger charge is 2.15. The molecule has 0 aliphatic carbocycles. The molecule has 0 amide bonds. The van der Waals surface area contributed by atoms with E-state index in [9.17, 15) is 4.79 Å². The summed E-state index contributed by atoms with van der Waals surface area (Å²) >= 11 is 5.73. The lowest BCUT2D eigenvalue weighted by molar-refractivity contribution is -0.138. The predicted molar refractivity (Wildman–Crippen MR) is 61.4 cm³/mol. The monoisotopic (exact) mass is 227 g/mol. The van der Waals surface area contributed by atoms with E-state index in [1.165, 1.54) is 0 Å². The Morgan fingerprint density at radius 1 is 1.47 bits per heavy atom. The quantitative estimate of drug-likeness (QED) is 0.813. The van der Waals surface area contributed by atoms with Gasteiger partial charge in [-0.25, -0.2) is 4.79 Å². The summed E-state index contributed by atoms with van der Waals surface area (Å²) in [6.45, 7) is 1.96. The third-order valence-electron chi connectivity index (χ3n) is 2.06. The van der Waals surface area contributed by atoms with E-state index in [1.807, 2.05) is 6.92 Å². The number of aliphatic carboxylic acids is 1. The molecular weight excluding hydrogens is 214 g/mol. The van der Waals surface area contributed by atoms with E-state index in [0.717, 1.165) is 12.1 Å². The van der Waals surface area contributed by atoms with Crippen LogP contribution in [0.2, 0.25) is 5.02 Å². The summed E-state index contributed by atoms with van der Waals surface area (Å²) in [6, 6.07) is 6.47. The minimum atomic E-state index is -0.827. The Morgan fingerprint density at radius 3 is 2.53 bits per heavy atom. The fourth-order valence-corrected chi connectivity index (χ4v) is 1.42. The van der Waals surface area contributed by atoms with Crippen molar-refractivity contribution in [3.05, 3.63) is 29.3 Å². The molecule has 0 unspecified atom stereocenters. The molecule has 0 spiro atoms. The van der Waals surface area contributed by atoms with Crippen molar-refractivity contribution in [1.29, 1.82) is 0 Å². The van der Waals surface area contributed by atoms with Gasteiger partial charge in [-0.2, -0.15) is 0 Å². The van der Waals surface area contributed by atoms with Gasteiger partial charge in [0.25, 0.3) is 0 Å². The molecule has 0 radical (unpaired) electrons. The Bertz CT molecular complexity index is 324. The van der Waals surface area contributed by atoms with Gasteiger partial charge in [0.05, 0.1) is 0 Å². The molecule has 0 aromatic heterocycles. The third kappa shape index (κ3) is 3.80. The first kappa shape index (κ1) is 11.9. The van der Waals surface area contributed by atoms with Crippen LogP contribution in [-0.4, -0.2) is 17.1 Å². The normalized spacial score (nSPS) is 12.1. The van der Waals surface area contributed by atoms with Crippen LogP contribution in [0, 0.1) is 0 Å². The molecule has 0 fully saturated rings. The first-order chi connectivity index (χ1) is 7.13. The van der Waals surface area contributed by atoms with Gasteiger partial charge in [-0.1, -0.05) is 24.9 Å². The Labute approximate surface area is 94.1 Å². The summed E-state index contributed by atoms with van der Waals surface area (Å²) in [5.41, 5.74) is 0.778. The Kier molecular flexibility index (Phi) is 4.43. The fraction of sp³-hybridized carbons (Fsp3) is 0.364. The highest BCUT2D eigenvalue weighted by Crippen LogP contribution is 2.15. The molecule has 0 saturated heterocycles. The van der Waals surface area contributed by atoms with E-state index in [2.05, 4.69) is 5.32 Å². The maximum absolute atomic E-state index is 10.9. The summed E-state index contributed by atoms with van der Waals surface area (Å²) in [5, 5.41) is 12.5. The van der Waals surface area contributed by atoms with E-state index >= 15 is 0 Å². The zero-order valence-electron chi connectivity index (χ0n) is 8.53. The Hall–Kier alpha value is -1.22. The second-order valence-corrected chi connectivity index (χ2v) is 3.77. The van der Waals surface area contributed by atoms with Gasteiger partial charge in [-0.05, 0) is 30.7 Å². The average molecular weight is 228 g/mol. The molecule has 1 rings (SSSR count). The van der Waals surface area contributed by atoms with Crippen molar-refractivity contribution in [2.45, 2.75) is 25.8 Å². The topological polar surface area (TPSA) is 49.3 Å². The van der Waals surface area contributed by atoms with E-state index in [0.29, 0.717) is 11.4 Å². The van der Waals surface area contributed by atoms with Crippen LogP contribution in [0.5, 0.6) is 0 Å². The number of anilines is 1. The second kappa shape index (κ2) is 5.61. The predicted octanol–water partition coefficient (Wildman–Crippen LogP) is 3.01. The lowest BCUT2D eigenvalue weighted by atomic mass is 10.1. The van der Waals surface area contributed by atoms with Crippen LogP contribution >= 0.6 is 11.6 Å². The van der Waals surface area contributed by atoms with Crippen LogP contribution in [0.1, 0.15) is 19.8 Å². The maximum Gasteiger partial charge on any atom is 0.326 e. The standard InChI is InChI=1S/C11H14ClNO2/c1-2-3-10(11(14)15)13-9-6-4-8(12)5-7-9/h4-7,10,13H,2-3H2,1H3,(H,14,15)/t10-/m0/s1. The molecule has 4 heteroatoms. The van der Waals surface area contributed by atoms with Crippen LogP contribution in [0.4, 0.5) is 5.69 Å². The molecular formula is C11H14ClNO2. The van der Waals surface area contributed by atoms with Gasteiger partial charge in [0, 0.05) is 10.7 Å². The molecule has 1 aromatic carbocycles. The van der Waals surface area contributed by atoms with Crippen molar-refractivity contribution in [2.75, 3.05) is 5.32 Å². The summed E-state index contributed by atoms with van der Waals surface area (Å²) in [5.74, 6) is -0.827. The molecule has 1 aromatic rings. The highest BCUT2D eigenvalue weighted by molar-refractivity contribution is 6.30. The van der Waals surface area contributed by atoms with Crippen molar-refractivity contribution in [3.63, 3.8) is 0 Å². The number of carboxylic acid groups (broad SMARTS) is 1. The molecule has 15 heavy (non-hydrogen) atoms. The zero-order chi connectivity index (χ0) is 11.3. The van der Waals surface area contributed by atoms with Crippen molar-refractivity contribution in [1.82, 2.24) is 0 Å². The van der Waals surface area contributed by atoms with Crippen LogP contribution in [0.3, 0.4) is 0 Å². The molecule has 82 valence electrons. The van der Waals surface area contributed by atoms with Crippen LogP contribution in [0.25, 0.3) is 0 Å². The molecule has 1 atom stereocenters. The number of hydrogen-bond donors (Lipinski definition) is 2. The Balaban J connectivity index is 2.65. The van der Waals surface area contributed by atoms with Crippen LogP contribution in [0.15, 0.2) is 24.3 Å². The second-order valence-electron chi connectivity index (χ2n) is 3.33. The SMILES string of the molecule is CCC[C@H](Nc1ccc(Cl)cc1)C(=O)O. The number of carbonyl (C=O) groups is 1. The van der Waals surface area contributed by atoms with Gasteiger partial charge in [-0.15, -0.1) is 0 Å². The minimum absolute atomic E-state index is 0.531. The molecule has 3 nitrogen and oxygen atoms in total. The third-order valence-corrected chi connectivity index (χ3v) is 2.31. The van der Waals surface area contributed by atoms with E-state index < -0.39 is 12.0 Å². The van der Waals surface area contributed by atoms with Crippen LogP contribution < -0.4 is 5.32 Å². The minimum Gasteiger partial charge on any atom is -0.480 e. The largest absolute Gasteiger partial charge is 0.480 e. The molecule has 2 N–H and O–H groups in total. The number of hydrogen-bond acceptors (Lipinski definition) is 2. The van der Waals surface area contributed by atoms with E-state index in [1.54, 1.807) is 24.3 Å². The molecule has 0 bridgehead atoms. The lowest BCUT2D eigenvalue weighted by Crippen LogP contribution is -2.28. The maximum atomic E-state index is 10.9. The summed E-state index contributed by atoms with van der Waals surface area (Å²) < 4.78 is 0. The summed E-state index contributed by atoms with van der Waals surface area (Å²) in [7, 11) is 0. The zero-order valence-corrected chi connectivity index (χ0v) is 9.29. The number of benzene rings is 1. The van der Waals surface area contributed by atoms with Gasteiger partial charge >= 0.3 is 5.97 Å². The van der Waals surface area contributed by atoms with Gasteiger partial charge in [0.1, 0.15) is 6.04 Å². The van der Waals surface area contributed by atoms with E-state index in [-0.39, 0.29) is 0 Å². The van der Waals surface area contributed by atoms with Crippen molar-refractivity contribution in [2.24, 2.45) is 0 Å². The highest BCUT2D eigenvalue weighted by atomic mass is 35.5. The first-order valence-corrected chi connectivity index (χ1v) is 5.26. The molecule has 0 heterocycles. The van der Waals surface area contributed by atoms with Crippen molar-refractivity contribution >= 4 is 23.3 Å². The number of carboxylic acids is 1.